The van der Waals surface area contributed by atoms with Gasteiger partial charge in [0.05, 0.1) is 11.4 Å². The van der Waals surface area contributed by atoms with Crippen molar-refractivity contribution in [3.05, 3.63) is 17.3 Å². The summed E-state index contributed by atoms with van der Waals surface area (Å²) >= 11 is 5.76. The SMILES string of the molecule is Nc1ncc(Cl)cc1S(=O)(=O)N(CCC(=O)O)C1CC1. The van der Waals surface area contributed by atoms with Crippen LogP contribution in [0.5, 0.6) is 0 Å². The average Bonchev–Trinajstić information content (AvgIpc) is 3.16. The summed E-state index contributed by atoms with van der Waals surface area (Å²) in [4.78, 5) is 14.2. The molecule has 2 rings (SSSR count). The van der Waals surface area contributed by atoms with Gasteiger partial charge in [-0.2, -0.15) is 4.31 Å². The minimum atomic E-state index is -3.89. The Morgan fingerprint density at radius 3 is 2.75 bits per heavy atom. The molecule has 1 fully saturated rings. The highest BCUT2D eigenvalue weighted by molar-refractivity contribution is 7.89. The molecule has 7 nitrogen and oxygen atoms in total. The Balaban J connectivity index is 2.35. The van der Waals surface area contributed by atoms with Crippen molar-refractivity contribution in [3.63, 3.8) is 0 Å². The molecule has 0 unspecified atom stereocenters. The summed E-state index contributed by atoms with van der Waals surface area (Å²) in [7, 11) is -3.89. The largest absolute Gasteiger partial charge is 0.481 e. The molecule has 1 aromatic heterocycles. The Bertz CT molecular complexity index is 631. The maximum absolute atomic E-state index is 12.6. The minimum absolute atomic E-state index is 0.0890. The van der Waals surface area contributed by atoms with Gasteiger partial charge in [0.25, 0.3) is 0 Å². The van der Waals surface area contributed by atoms with Crippen LogP contribution in [-0.4, -0.2) is 41.4 Å². The molecule has 0 saturated heterocycles. The molecule has 0 amide bonds. The van der Waals surface area contributed by atoms with Crippen molar-refractivity contribution in [3.8, 4) is 0 Å². The minimum Gasteiger partial charge on any atom is -0.481 e. The molecule has 1 aliphatic carbocycles. The van der Waals surface area contributed by atoms with Crippen LogP contribution in [0.3, 0.4) is 0 Å². The summed E-state index contributed by atoms with van der Waals surface area (Å²) in [5.41, 5.74) is 5.60. The van der Waals surface area contributed by atoms with Crippen molar-refractivity contribution in [1.82, 2.24) is 9.29 Å². The van der Waals surface area contributed by atoms with E-state index in [1.807, 2.05) is 0 Å². The Labute approximate surface area is 121 Å². The number of aromatic nitrogens is 1. The number of rotatable bonds is 6. The van der Waals surface area contributed by atoms with Crippen LogP contribution >= 0.6 is 11.6 Å². The molecular formula is C11H14ClN3O4S. The molecule has 9 heteroatoms. The second-order valence-corrected chi connectivity index (χ2v) is 6.82. The van der Waals surface area contributed by atoms with Crippen LogP contribution in [0.1, 0.15) is 19.3 Å². The fourth-order valence-electron chi connectivity index (χ4n) is 1.83. The van der Waals surface area contributed by atoms with Crippen LogP contribution in [-0.2, 0) is 14.8 Å². The summed E-state index contributed by atoms with van der Waals surface area (Å²) in [6.45, 7) is -0.0890. The standard InChI is InChI=1S/C11H14ClN3O4S/c12-7-5-9(11(13)14-6-7)20(18,19)15(8-1-2-8)4-3-10(16)17/h5-6,8H,1-4H2,(H2,13,14)(H,16,17). The normalized spacial score (nSPS) is 15.5. The van der Waals surface area contributed by atoms with Gasteiger partial charge in [-0.25, -0.2) is 13.4 Å². The topological polar surface area (TPSA) is 114 Å². The number of carboxylic acid groups (broad SMARTS) is 1. The Morgan fingerprint density at radius 2 is 2.20 bits per heavy atom. The van der Waals surface area contributed by atoms with Gasteiger partial charge in [0.2, 0.25) is 10.0 Å². The zero-order valence-electron chi connectivity index (χ0n) is 10.5. The Kier molecular flexibility index (Phi) is 4.17. The number of hydrogen-bond donors (Lipinski definition) is 2. The molecule has 20 heavy (non-hydrogen) atoms. The van der Waals surface area contributed by atoms with E-state index in [2.05, 4.69) is 4.98 Å². The lowest BCUT2D eigenvalue weighted by Gasteiger charge is -2.21. The molecule has 0 atom stereocenters. The van der Waals surface area contributed by atoms with Crippen LogP contribution in [0.25, 0.3) is 0 Å². The molecule has 1 heterocycles. The summed E-state index contributed by atoms with van der Waals surface area (Å²) < 4.78 is 26.3. The lowest BCUT2D eigenvalue weighted by molar-refractivity contribution is -0.137. The number of nitrogens with two attached hydrogens (primary N) is 1. The molecule has 3 N–H and O–H groups in total. The molecule has 0 aliphatic heterocycles. The second-order valence-electron chi connectivity index (χ2n) is 4.53. The van der Waals surface area contributed by atoms with Gasteiger partial charge in [-0.3, -0.25) is 4.79 Å². The Hall–Kier alpha value is -1.38. The monoisotopic (exact) mass is 319 g/mol. The third-order valence-corrected chi connectivity index (χ3v) is 5.12. The highest BCUT2D eigenvalue weighted by Gasteiger charge is 2.39. The van der Waals surface area contributed by atoms with E-state index in [1.54, 1.807) is 0 Å². The molecule has 0 bridgehead atoms. The first-order valence-corrected chi connectivity index (χ1v) is 7.79. The number of carbonyl (C=O) groups is 1. The molecule has 110 valence electrons. The van der Waals surface area contributed by atoms with E-state index in [1.165, 1.54) is 16.6 Å². The van der Waals surface area contributed by atoms with E-state index >= 15 is 0 Å². The lowest BCUT2D eigenvalue weighted by atomic mass is 10.4. The van der Waals surface area contributed by atoms with Crippen LogP contribution in [0, 0.1) is 0 Å². The molecule has 0 aromatic carbocycles. The van der Waals surface area contributed by atoms with Crippen LogP contribution < -0.4 is 5.73 Å². The molecule has 1 aliphatic rings. The van der Waals surface area contributed by atoms with E-state index in [9.17, 15) is 13.2 Å². The van der Waals surface area contributed by atoms with Gasteiger partial charge in [-0.15, -0.1) is 0 Å². The number of nitrogens with zero attached hydrogens (tertiary/aromatic N) is 2. The zero-order chi connectivity index (χ0) is 14.9. The number of anilines is 1. The quantitative estimate of drug-likeness (QED) is 0.806. The summed E-state index contributed by atoms with van der Waals surface area (Å²) in [6, 6.07) is 1.06. The first-order chi connectivity index (χ1) is 9.32. The highest BCUT2D eigenvalue weighted by Crippen LogP contribution is 2.34. The van der Waals surface area contributed by atoms with E-state index in [-0.39, 0.29) is 34.7 Å². The number of hydrogen-bond acceptors (Lipinski definition) is 5. The van der Waals surface area contributed by atoms with E-state index < -0.39 is 16.0 Å². The number of carboxylic acids is 1. The summed E-state index contributed by atoms with van der Waals surface area (Å²) in [6.07, 6.45) is 2.43. The van der Waals surface area contributed by atoms with Crippen LogP contribution in [0.2, 0.25) is 5.02 Å². The Morgan fingerprint density at radius 1 is 1.55 bits per heavy atom. The fraction of sp³-hybridized carbons (Fsp3) is 0.455. The van der Waals surface area contributed by atoms with Crippen LogP contribution in [0.15, 0.2) is 17.2 Å². The maximum atomic E-state index is 12.6. The van der Waals surface area contributed by atoms with E-state index in [4.69, 9.17) is 22.4 Å². The molecule has 1 saturated carbocycles. The van der Waals surface area contributed by atoms with Gasteiger partial charge in [0.15, 0.2) is 0 Å². The number of pyridine rings is 1. The van der Waals surface area contributed by atoms with E-state index in [0.29, 0.717) is 12.8 Å². The summed E-state index contributed by atoms with van der Waals surface area (Å²) in [5, 5.41) is 8.88. The lowest BCUT2D eigenvalue weighted by Crippen LogP contribution is -2.35. The van der Waals surface area contributed by atoms with Crippen molar-refractivity contribution in [2.24, 2.45) is 0 Å². The van der Waals surface area contributed by atoms with Gasteiger partial charge in [0, 0.05) is 18.8 Å². The molecule has 1 aromatic rings. The zero-order valence-corrected chi connectivity index (χ0v) is 12.1. The predicted molar refractivity (Wildman–Crippen MR) is 72.8 cm³/mol. The van der Waals surface area contributed by atoms with Crippen molar-refractivity contribution in [2.45, 2.75) is 30.2 Å². The fourth-order valence-corrected chi connectivity index (χ4v) is 3.83. The molecular weight excluding hydrogens is 306 g/mol. The molecule has 0 radical (unpaired) electrons. The van der Waals surface area contributed by atoms with Gasteiger partial charge in [0.1, 0.15) is 10.7 Å². The van der Waals surface area contributed by atoms with Crippen molar-refractivity contribution >= 4 is 33.4 Å². The number of sulfonamides is 1. The first kappa shape index (κ1) is 15.0. The third-order valence-electron chi connectivity index (χ3n) is 2.94. The van der Waals surface area contributed by atoms with Crippen molar-refractivity contribution < 1.29 is 18.3 Å². The summed E-state index contributed by atoms with van der Waals surface area (Å²) in [5.74, 6) is -1.20. The van der Waals surface area contributed by atoms with Crippen molar-refractivity contribution in [1.29, 1.82) is 0 Å². The third kappa shape index (κ3) is 3.20. The smallest absolute Gasteiger partial charge is 0.304 e. The number of aliphatic carboxylic acids is 1. The molecule has 0 spiro atoms. The number of nitrogen functional groups attached to an aromatic ring is 1. The van der Waals surface area contributed by atoms with E-state index in [0.717, 1.165) is 0 Å². The maximum Gasteiger partial charge on any atom is 0.304 e. The van der Waals surface area contributed by atoms with Crippen molar-refractivity contribution in [2.75, 3.05) is 12.3 Å². The van der Waals surface area contributed by atoms with Crippen LogP contribution in [0.4, 0.5) is 5.82 Å². The van der Waals surface area contributed by atoms with Gasteiger partial charge in [-0.05, 0) is 18.9 Å². The first-order valence-electron chi connectivity index (χ1n) is 5.97. The predicted octanol–water partition coefficient (Wildman–Crippen LogP) is 0.945. The second kappa shape index (κ2) is 5.55. The van der Waals surface area contributed by atoms with Gasteiger partial charge < -0.3 is 10.8 Å². The van der Waals surface area contributed by atoms with Gasteiger partial charge >= 0.3 is 5.97 Å². The average molecular weight is 320 g/mol. The van der Waals surface area contributed by atoms with Gasteiger partial charge in [-0.1, -0.05) is 11.6 Å². The number of halogens is 1. The highest BCUT2D eigenvalue weighted by atomic mass is 35.5.